The lowest BCUT2D eigenvalue weighted by Gasteiger charge is -2.20. The SMILES string of the molecule is CC1=C(CO)CCCCCC=C1Nc1ccnc2ccc(S(=O)(=O)C(C)(C)C)cc12. The molecule has 1 aliphatic carbocycles. The minimum absolute atomic E-state index is 0.0515. The van der Waals surface area contributed by atoms with E-state index in [9.17, 15) is 13.5 Å². The predicted octanol–water partition coefficient (Wildman–Crippen LogP) is 5.38. The van der Waals surface area contributed by atoms with Crippen LogP contribution in [0.4, 0.5) is 5.69 Å². The van der Waals surface area contributed by atoms with Gasteiger partial charge in [-0.3, -0.25) is 4.98 Å². The molecule has 1 aliphatic rings. The van der Waals surface area contributed by atoms with Crippen LogP contribution in [0.1, 0.15) is 59.8 Å². The number of nitrogens with one attached hydrogen (secondary N) is 1. The van der Waals surface area contributed by atoms with E-state index in [2.05, 4.69) is 16.4 Å². The van der Waals surface area contributed by atoms with E-state index in [1.165, 1.54) is 0 Å². The highest BCUT2D eigenvalue weighted by Crippen LogP contribution is 2.32. The van der Waals surface area contributed by atoms with Crippen molar-refractivity contribution >= 4 is 26.4 Å². The van der Waals surface area contributed by atoms with Gasteiger partial charge in [-0.05, 0) is 88.8 Å². The minimum atomic E-state index is -3.47. The molecule has 6 heteroatoms. The molecule has 0 saturated heterocycles. The van der Waals surface area contributed by atoms with Gasteiger partial charge in [0.25, 0.3) is 0 Å². The first-order chi connectivity index (χ1) is 14.1. The summed E-state index contributed by atoms with van der Waals surface area (Å²) in [4.78, 5) is 4.71. The summed E-state index contributed by atoms with van der Waals surface area (Å²) < 4.78 is 25.1. The molecule has 3 rings (SSSR count). The Morgan fingerprint density at radius 2 is 1.90 bits per heavy atom. The molecule has 1 aromatic carbocycles. The molecular weight excluding hydrogens is 396 g/mol. The maximum atomic E-state index is 13.0. The zero-order chi connectivity index (χ0) is 21.9. The van der Waals surface area contributed by atoms with Crippen molar-refractivity contribution in [2.75, 3.05) is 11.9 Å². The summed E-state index contributed by atoms with van der Waals surface area (Å²) in [5.41, 5.74) is 4.62. The minimum Gasteiger partial charge on any atom is -0.392 e. The number of allylic oxidation sites excluding steroid dienone is 2. The molecule has 30 heavy (non-hydrogen) atoms. The number of aromatic nitrogens is 1. The van der Waals surface area contributed by atoms with E-state index in [-0.39, 0.29) is 6.61 Å². The first-order valence-electron chi connectivity index (χ1n) is 10.6. The van der Waals surface area contributed by atoms with E-state index in [1.807, 2.05) is 13.0 Å². The number of nitrogens with zero attached hydrogens (tertiary/aromatic N) is 1. The van der Waals surface area contributed by atoms with Crippen LogP contribution in [0.25, 0.3) is 10.9 Å². The quantitative estimate of drug-likeness (QED) is 0.684. The lowest BCUT2D eigenvalue weighted by atomic mass is 10.0. The fourth-order valence-corrected chi connectivity index (χ4v) is 4.91. The summed E-state index contributed by atoms with van der Waals surface area (Å²) in [6.45, 7) is 7.22. The van der Waals surface area contributed by atoms with E-state index < -0.39 is 14.6 Å². The summed E-state index contributed by atoms with van der Waals surface area (Å²) >= 11 is 0. The van der Waals surface area contributed by atoms with Crippen LogP contribution < -0.4 is 5.32 Å². The number of anilines is 1. The largest absolute Gasteiger partial charge is 0.392 e. The van der Waals surface area contributed by atoms with Gasteiger partial charge in [0.1, 0.15) is 0 Å². The Hall–Kier alpha value is -2.18. The second kappa shape index (κ2) is 8.90. The van der Waals surface area contributed by atoms with E-state index in [0.717, 1.165) is 65.5 Å². The fraction of sp³-hybridized carbons (Fsp3) is 0.458. The summed E-state index contributed by atoms with van der Waals surface area (Å²) in [7, 11) is -3.47. The van der Waals surface area contributed by atoms with Gasteiger partial charge in [-0.1, -0.05) is 12.5 Å². The van der Waals surface area contributed by atoms with Crippen LogP contribution in [-0.4, -0.2) is 29.9 Å². The number of rotatable bonds is 4. The van der Waals surface area contributed by atoms with Gasteiger partial charge in [-0.25, -0.2) is 8.42 Å². The highest BCUT2D eigenvalue weighted by molar-refractivity contribution is 7.92. The van der Waals surface area contributed by atoms with Crippen LogP contribution in [0, 0.1) is 0 Å². The Morgan fingerprint density at radius 1 is 1.13 bits per heavy atom. The van der Waals surface area contributed by atoms with Gasteiger partial charge in [0.05, 0.1) is 21.8 Å². The van der Waals surface area contributed by atoms with Crippen molar-refractivity contribution in [3.8, 4) is 0 Å². The Bertz CT molecular complexity index is 1090. The van der Waals surface area contributed by atoms with E-state index in [0.29, 0.717) is 4.90 Å². The van der Waals surface area contributed by atoms with Crippen LogP contribution in [0.5, 0.6) is 0 Å². The van der Waals surface area contributed by atoms with Crippen LogP contribution in [0.3, 0.4) is 0 Å². The molecule has 2 N–H and O–H groups in total. The number of hydrogen-bond acceptors (Lipinski definition) is 5. The summed E-state index contributed by atoms with van der Waals surface area (Å²) in [6, 6.07) is 6.98. The number of aliphatic hydroxyl groups is 1. The molecule has 0 radical (unpaired) electrons. The molecule has 0 atom stereocenters. The number of benzene rings is 1. The van der Waals surface area contributed by atoms with Gasteiger partial charge >= 0.3 is 0 Å². The zero-order valence-corrected chi connectivity index (χ0v) is 19.1. The Morgan fingerprint density at radius 3 is 2.60 bits per heavy atom. The molecule has 0 amide bonds. The van der Waals surface area contributed by atoms with Crippen molar-refractivity contribution in [1.29, 1.82) is 0 Å². The van der Waals surface area contributed by atoms with Crippen molar-refractivity contribution in [2.45, 2.75) is 69.4 Å². The molecule has 1 heterocycles. The molecule has 1 aromatic heterocycles. The van der Waals surface area contributed by atoms with Gasteiger partial charge < -0.3 is 10.4 Å². The van der Waals surface area contributed by atoms with Crippen molar-refractivity contribution in [3.05, 3.63) is 53.4 Å². The normalized spacial score (nSPS) is 16.6. The smallest absolute Gasteiger partial charge is 0.183 e. The highest BCUT2D eigenvalue weighted by atomic mass is 32.2. The topological polar surface area (TPSA) is 79.3 Å². The molecule has 0 saturated carbocycles. The second-order valence-corrected chi connectivity index (χ2v) is 11.6. The van der Waals surface area contributed by atoms with Crippen molar-refractivity contribution < 1.29 is 13.5 Å². The van der Waals surface area contributed by atoms with Crippen LogP contribution in [-0.2, 0) is 9.84 Å². The third-order valence-electron chi connectivity index (χ3n) is 5.76. The van der Waals surface area contributed by atoms with Gasteiger partial charge in [-0.2, -0.15) is 0 Å². The Kier molecular flexibility index (Phi) is 6.68. The second-order valence-electron chi connectivity index (χ2n) is 8.88. The van der Waals surface area contributed by atoms with Gasteiger partial charge in [0, 0.05) is 23.0 Å². The summed E-state index contributed by atoms with van der Waals surface area (Å²) in [6.07, 6.45) is 9.11. The molecular formula is C24H32N2O3S. The average Bonchev–Trinajstić information content (AvgIpc) is 2.78. The third kappa shape index (κ3) is 4.60. The molecule has 0 fully saturated rings. The van der Waals surface area contributed by atoms with E-state index in [1.54, 1.807) is 45.2 Å². The molecule has 0 spiro atoms. The van der Waals surface area contributed by atoms with Crippen LogP contribution >= 0.6 is 0 Å². The number of pyridine rings is 1. The van der Waals surface area contributed by atoms with Gasteiger partial charge in [0.2, 0.25) is 0 Å². The van der Waals surface area contributed by atoms with Gasteiger partial charge in [0.15, 0.2) is 9.84 Å². The van der Waals surface area contributed by atoms with E-state index in [4.69, 9.17) is 0 Å². The molecule has 0 unspecified atom stereocenters. The molecule has 0 bridgehead atoms. The monoisotopic (exact) mass is 428 g/mol. The molecule has 0 aliphatic heterocycles. The molecule has 2 aromatic rings. The Balaban J connectivity index is 2.09. The maximum Gasteiger partial charge on any atom is 0.183 e. The van der Waals surface area contributed by atoms with Crippen LogP contribution in [0.2, 0.25) is 0 Å². The van der Waals surface area contributed by atoms with Crippen molar-refractivity contribution in [1.82, 2.24) is 4.98 Å². The third-order valence-corrected chi connectivity index (χ3v) is 8.24. The number of fused-ring (bicyclic) bond motifs is 1. The van der Waals surface area contributed by atoms with E-state index >= 15 is 0 Å². The summed E-state index contributed by atoms with van der Waals surface area (Å²) in [5, 5.41) is 14.1. The first kappa shape index (κ1) is 22.5. The van der Waals surface area contributed by atoms with Crippen molar-refractivity contribution in [3.63, 3.8) is 0 Å². The Labute approximate surface area is 179 Å². The summed E-state index contributed by atoms with van der Waals surface area (Å²) in [5.74, 6) is 0. The number of sulfone groups is 1. The molecule has 162 valence electrons. The fourth-order valence-electron chi connectivity index (χ4n) is 3.68. The first-order valence-corrected chi connectivity index (χ1v) is 12.0. The standard InChI is InChI=1S/C24H32N2O3S/c1-17-18(16-27)9-7-5-6-8-10-21(17)26-23-13-14-25-22-12-11-19(15-20(22)23)30(28,29)24(2,3)4/h10-15,27H,5-9,16H2,1-4H3,(H,25,26). The maximum absolute atomic E-state index is 13.0. The lowest BCUT2D eigenvalue weighted by molar-refractivity contribution is 0.324. The molecule has 5 nitrogen and oxygen atoms in total. The highest BCUT2D eigenvalue weighted by Gasteiger charge is 2.31. The zero-order valence-electron chi connectivity index (χ0n) is 18.3. The van der Waals surface area contributed by atoms with Gasteiger partial charge in [-0.15, -0.1) is 0 Å². The number of hydrogen-bond donors (Lipinski definition) is 2. The number of aliphatic hydroxyl groups excluding tert-OH is 1. The van der Waals surface area contributed by atoms with Crippen molar-refractivity contribution in [2.24, 2.45) is 0 Å². The van der Waals surface area contributed by atoms with Crippen LogP contribution in [0.15, 0.2) is 58.3 Å². The average molecular weight is 429 g/mol. The lowest BCUT2D eigenvalue weighted by Crippen LogP contribution is -2.27. The predicted molar refractivity (Wildman–Crippen MR) is 123 cm³/mol.